The Morgan fingerprint density at radius 1 is 1.10 bits per heavy atom. The molecular weight excluding hydrogens is 321 g/mol. The summed E-state index contributed by atoms with van der Waals surface area (Å²) in [6, 6.07) is 14.3. The van der Waals surface area contributed by atoms with Gasteiger partial charge >= 0.3 is 0 Å². The number of benzene rings is 2. The first-order valence-corrected chi connectivity index (χ1v) is 8.64. The molecule has 0 amide bonds. The lowest BCUT2D eigenvalue weighted by atomic mass is 10.1. The maximum atomic E-state index is 6.42. The van der Waals surface area contributed by atoms with E-state index >= 15 is 0 Å². The number of nitrogens with one attached hydrogen (secondary N) is 1. The molecular formula is C17H19Cl2NS. The fourth-order valence-electron chi connectivity index (χ4n) is 2.05. The van der Waals surface area contributed by atoms with Crippen LogP contribution in [0.4, 0.5) is 0 Å². The summed E-state index contributed by atoms with van der Waals surface area (Å²) in [5, 5.41) is 5.01. The Bertz CT molecular complexity index is 601. The van der Waals surface area contributed by atoms with Crippen LogP contribution in [0.1, 0.15) is 31.9 Å². The molecule has 0 aliphatic carbocycles. The molecule has 2 rings (SSSR count). The van der Waals surface area contributed by atoms with E-state index in [4.69, 9.17) is 23.2 Å². The third-order valence-electron chi connectivity index (χ3n) is 3.20. The fraction of sp³-hybridized carbons (Fsp3) is 0.294. The molecule has 0 spiro atoms. The van der Waals surface area contributed by atoms with Crippen molar-refractivity contribution >= 4 is 35.0 Å². The highest BCUT2D eigenvalue weighted by molar-refractivity contribution is 7.99. The smallest absolute Gasteiger partial charge is 0.0545 e. The molecule has 0 aliphatic heterocycles. The average Bonchev–Trinajstić information content (AvgIpc) is 2.47. The second-order valence-corrected chi connectivity index (χ2v) is 6.82. The van der Waals surface area contributed by atoms with Crippen molar-refractivity contribution in [2.24, 2.45) is 0 Å². The van der Waals surface area contributed by atoms with E-state index in [2.05, 4.69) is 31.3 Å². The summed E-state index contributed by atoms with van der Waals surface area (Å²) in [5.74, 6) is 0. The highest BCUT2D eigenvalue weighted by Gasteiger charge is 2.10. The molecule has 0 saturated carbocycles. The molecule has 4 heteroatoms. The summed E-state index contributed by atoms with van der Waals surface area (Å²) < 4.78 is 0. The van der Waals surface area contributed by atoms with Gasteiger partial charge in [-0.1, -0.05) is 60.1 Å². The van der Waals surface area contributed by atoms with Crippen LogP contribution in [-0.2, 0) is 0 Å². The Morgan fingerprint density at radius 2 is 1.86 bits per heavy atom. The van der Waals surface area contributed by atoms with E-state index in [1.165, 1.54) is 0 Å². The van der Waals surface area contributed by atoms with Gasteiger partial charge in [-0.05, 0) is 49.7 Å². The molecule has 0 bridgehead atoms. The topological polar surface area (TPSA) is 12.0 Å². The van der Waals surface area contributed by atoms with Gasteiger partial charge in [-0.15, -0.1) is 0 Å². The molecule has 2 aromatic rings. The molecule has 1 nitrogen and oxygen atoms in total. The van der Waals surface area contributed by atoms with Crippen LogP contribution in [0.15, 0.2) is 52.3 Å². The molecule has 0 saturated heterocycles. The second-order valence-electron chi connectivity index (χ2n) is 4.89. The monoisotopic (exact) mass is 339 g/mol. The molecule has 1 N–H and O–H groups in total. The molecule has 1 unspecified atom stereocenters. The van der Waals surface area contributed by atoms with Gasteiger partial charge in [0, 0.05) is 20.9 Å². The lowest BCUT2D eigenvalue weighted by Gasteiger charge is -2.16. The third kappa shape index (κ3) is 4.65. The maximum absolute atomic E-state index is 6.42. The highest BCUT2D eigenvalue weighted by atomic mass is 35.5. The van der Waals surface area contributed by atoms with E-state index in [-0.39, 0.29) is 6.04 Å². The van der Waals surface area contributed by atoms with Gasteiger partial charge in [0.1, 0.15) is 0 Å². The summed E-state index contributed by atoms with van der Waals surface area (Å²) in [4.78, 5) is 2.14. The van der Waals surface area contributed by atoms with Crippen molar-refractivity contribution in [2.75, 3.05) is 6.54 Å². The Labute approximate surface area is 141 Å². The largest absolute Gasteiger partial charge is 0.310 e. The normalized spacial score (nSPS) is 12.4. The molecule has 112 valence electrons. The summed E-state index contributed by atoms with van der Waals surface area (Å²) >= 11 is 14.2. The van der Waals surface area contributed by atoms with E-state index in [1.807, 2.05) is 30.3 Å². The standard InChI is InChI=1S/C17H19Cl2NS/c1-3-10-20-12(2)14-9-8-13(11-16(14)19)21-17-7-5-4-6-15(17)18/h4-9,11-12,20H,3,10H2,1-2H3. The molecule has 0 aliphatic rings. The van der Waals surface area contributed by atoms with Crippen LogP contribution in [0.25, 0.3) is 0 Å². The third-order valence-corrected chi connectivity index (χ3v) is 5.04. The van der Waals surface area contributed by atoms with Crippen molar-refractivity contribution in [2.45, 2.75) is 36.1 Å². The molecule has 0 aromatic heterocycles. The van der Waals surface area contributed by atoms with Crippen molar-refractivity contribution < 1.29 is 0 Å². The number of hydrogen-bond donors (Lipinski definition) is 1. The number of halogens is 2. The van der Waals surface area contributed by atoms with Crippen molar-refractivity contribution in [3.63, 3.8) is 0 Å². The maximum Gasteiger partial charge on any atom is 0.0545 e. The van der Waals surface area contributed by atoms with E-state index in [1.54, 1.807) is 11.8 Å². The molecule has 0 fully saturated rings. The Hall–Kier alpha value is -0.670. The summed E-state index contributed by atoms with van der Waals surface area (Å²) in [6.45, 7) is 5.29. The zero-order valence-electron chi connectivity index (χ0n) is 12.2. The first-order valence-electron chi connectivity index (χ1n) is 7.07. The van der Waals surface area contributed by atoms with Gasteiger partial charge in [-0.2, -0.15) is 0 Å². The van der Waals surface area contributed by atoms with E-state index < -0.39 is 0 Å². The van der Waals surface area contributed by atoms with Crippen molar-refractivity contribution in [3.05, 3.63) is 58.1 Å². The number of rotatable bonds is 6. The quantitative estimate of drug-likeness (QED) is 0.671. The van der Waals surface area contributed by atoms with Crippen LogP contribution in [0, 0.1) is 0 Å². The van der Waals surface area contributed by atoms with Crippen molar-refractivity contribution in [3.8, 4) is 0 Å². The first kappa shape index (κ1) is 16.7. The predicted molar refractivity (Wildman–Crippen MR) is 93.7 cm³/mol. The molecule has 21 heavy (non-hydrogen) atoms. The minimum Gasteiger partial charge on any atom is -0.310 e. The Kier molecular flexibility index (Phi) is 6.43. The molecule has 2 aromatic carbocycles. The van der Waals surface area contributed by atoms with E-state index in [0.717, 1.165) is 38.4 Å². The first-order chi connectivity index (χ1) is 10.1. The van der Waals surface area contributed by atoms with Crippen LogP contribution < -0.4 is 5.32 Å². The zero-order chi connectivity index (χ0) is 15.2. The van der Waals surface area contributed by atoms with Crippen LogP contribution in [-0.4, -0.2) is 6.54 Å². The van der Waals surface area contributed by atoms with Gasteiger partial charge < -0.3 is 5.32 Å². The SMILES string of the molecule is CCCNC(C)c1ccc(Sc2ccccc2Cl)cc1Cl. The van der Waals surface area contributed by atoms with Crippen molar-refractivity contribution in [1.82, 2.24) is 5.32 Å². The van der Waals surface area contributed by atoms with Gasteiger partial charge in [-0.25, -0.2) is 0 Å². The van der Waals surface area contributed by atoms with Crippen LogP contribution in [0.5, 0.6) is 0 Å². The molecule has 1 atom stereocenters. The van der Waals surface area contributed by atoms with E-state index in [0.29, 0.717) is 0 Å². The lowest BCUT2D eigenvalue weighted by Crippen LogP contribution is -2.19. The summed E-state index contributed by atoms with van der Waals surface area (Å²) in [6.07, 6.45) is 1.11. The Morgan fingerprint density at radius 3 is 2.52 bits per heavy atom. The second kappa shape index (κ2) is 8.09. The van der Waals surface area contributed by atoms with Gasteiger partial charge in [0.15, 0.2) is 0 Å². The van der Waals surface area contributed by atoms with Gasteiger partial charge in [0.2, 0.25) is 0 Å². The Balaban J connectivity index is 2.14. The molecule has 0 radical (unpaired) electrons. The van der Waals surface area contributed by atoms with E-state index in [9.17, 15) is 0 Å². The van der Waals surface area contributed by atoms with Gasteiger partial charge in [0.25, 0.3) is 0 Å². The minimum absolute atomic E-state index is 0.261. The van der Waals surface area contributed by atoms with Crippen LogP contribution in [0.3, 0.4) is 0 Å². The summed E-state index contributed by atoms with van der Waals surface area (Å²) in [7, 11) is 0. The lowest BCUT2D eigenvalue weighted by molar-refractivity contribution is 0.570. The van der Waals surface area contributed by atoms with Crippen molar-refractivity contribution in [1.29, 1.82) is 0 Å². The minimum atomic E-state index is 0.261. The fourth-order valence-corrected chi connectivity index (χ4v) is 3.59. The van der Waals surface area contributed by atoms with Gasteiger partial charge in [-0.3, -0.25) is 0 Å². The number of hydrogen-bond acceptors (Lipinski definition) is 2. The predicted octanol–water partition coefficient (Wildman–Crippen LogP) is 6.21. The average molecular weight is 340 g/mol. The summed E-state index contributed by atoms with van der Waals surface area (Å²) in [5.41, 5.74) is 1.13. The zero-order valence-corrected chi connectivity index (χ0v) is 14.5. The van der Waals surface area contributed by atoms with Crippen LogP contribution >= 0.6 is 35.0 Å². The van der Waals surface area contributed by atoms with Gasteiger partial charge in [0.05, 0.1) is 5.02 Å². The highest BCUT2D eigenvalue weighted by Crippen LogP contribution is 2.35. The molecule has 0 heterocycles. The van der Waals surface area contributed by atoms with Crippen LogP contribution in [0.2, 0.25) is 10.0 Å².